The molecule has 3 rings (SSSR count). The molecule has 0 atom stereocenters. The van der Waals surface area contributed by atoms with E-state index < -0.39 is 0 Å². The fourth-order valence-corrected chi connectivity index (χ4v) is 2.63. The van der Waals surface area contributed by atoms with Gasteiger partial charge in [0.05, 0.1) is 10.6 Å². The third kappa shape index (κ3) is 2.90. The molecule has 5 heteroatoms. The van der Waals surface area contributed by atoms with Gasteiger partial charge in [0.2, 0.25) is 0 Å². The van der Waals surface area contributed by atoms with Crippen LogP contribution in [0.4, 0.5) is 4.39 Å². The fraction of sp³-hybridized carbons (Fsp3) is 0.250. The van der Waals surface area contributed by atoms with Crippen LogP contribution in [0.1, 0.15) is 28.8 Å². The highest BCUT2D eigenvalue weighted by Crippen LogP contribution is 2.47. The molecule has 1 N–H and O–H groups in total. The van der Waals surface area contributed by atoms with Gasteiger partial charge in [0.1, 0.15) is 5.82 Å². The number of hydrogen-bond acceptors (Lipinski definition) is 2. The molecule has 1 aromatic carbocycles. The Morgan fingerprint density at radius 3 is 2.62 bits per heavy atom. The summed E-state index contributed by atoms with van der Waals surface area (Å²) in [5.74, 6) is -0.460. The van der Waals surface area contributed by atoms with Crippen molar-refractivity contribution in [1.29, 1.82) is 0 Å². The standard InChI is InChI=1S/C16H14ClFN2O/c17-14-9-19-8-5-13(14)15(21)20-10-16(6-7-16)11-1-3-12(18)4-2-11/h1-5,8-9H,6-7,10H2,(H,20,21). The molecule has 1 saturated carbocycles. The second kappa shape index (κ2) is 5.45. The van der Waals surface area contributed by atoms with Gasteiger partial charge in [-0.1, -0.05) is 23.7 Å². The van der Waals surface area contributed by atoms with E-state index in [0.29, 0.717) is 17.1 Å². The molecule has 3 nitrogen and oxygen atoms in total. The molecular formula is C16H14ClFN2O. The Bertz CT molecular complexity index is 668. The molecule has 21 heavy (non-hydrogen) atoms. The number of pyridine rings is 1. The minimum Gasteiger partial charge on any atom is -0.351 e. The van der Waals surface area contributed by atoms with Crippen LogP contribution in [0.5, 0.6) is 0 Å². The molecule has 1 amide bonds. The molecule has 1 heterocycles. The van der Waals surface area contributed by atoms with E-state index in [1.807, 2.05) is 0 Å². The van der Waals surface area contributed by atoms with Crippen molar-refractivity contribution >= 4 is 17.5 Å². The van der Waals surface area contributed by atoms with Crippen molar-refractivity contribution in [3.05, 3.63) is 64.7 Å². The highest BCUT2D eigenvalue weighted by molar-refractivity contribution is 6.33. The van der Waals surface area contributed by atoms with Crippen molar-refractivity contribution in [2.24, 2.45) is 0 Å². The largest absolute Gasteiger partial charge is 0.351 e. The predicted octanol–water partition coefficient (Wildman–Crippen LogP) is 3.34. The third-order valence-electron chi connectivity index (χ3n) is 3.91. The maximum absolute atomic E-state index is 13.0. The number of amides is 1. The van der Waals surface area contributed by atoms with E-state index in [0.717, 1.165) is 18.4 Å². The van der Waals surface area contributed by atoms with Crippen LogP contribution in [0.2, 0.25) is 5.02 Å². The minimum atomic E-state index is -0.248. The van der Waals surface area contributed by atoms with Crippen LogP contribution in [0, 0.1) is 5.82 Å². The van der Waals surface area contributed by atoms with E-state index >= 15 is 0 Å². The summed E-state index contributed by atoms with van der Waals surface area (Å²) in [5, 5.41) is 3.25. The van der Waals surface area contributed by atoms with E-state index in [1.54, 1.807) is 18.2 Å². The van der Waals surface area contributed by atoms with Gasteiger partial charge in [0.15, 0.2) is 0 Å². The first-order valence-corrected chi connectivity index (χ1v) is 7.12. The monoisotopic (exact) mass is 304 g/mol. The summed E-state index contributed by atoms with van der Waals surface area (Å²) in [5.41, 5.74) is 1.41. The number of hydrogen-bond donors (Lipinski definition) is 1. The molecule has 108 valence electrons. The molecular weight excluding hydrogens is 291 g/mol. The first kappa shape index (κ1) is 14.0. The van der Waals surface area contributed by atoms with Crippen LogP contribution in [-0.4, -0.2) is 17.4 Å². The molecule has 0 radical (unpaired) electrons. The second-order valence-corrected chi connectivity index (χ2v) is 5.73. The molecule has 0 aliphatic heterocycles. The Hall–Kier alpha value is -1.94. The van der Waals surface area contributed by atoms with Crippen LogP contribution in [0.15, 0.2) is 42.7 Å². The lowest BCUT2D eigenvalue weighted by Gasteiger charge is -2.17. The van der Waals surface area contributed by atoms with Crippen LogP contribution < -0.4 is 5.32 Å². The fourth-order valence-electron chi connectivity index (χ4n) is 2.43. The van der Waals surface area contributed by atoms with Crippen molar-refractivity contribution in [3.63, 3.8) is 0 Å². The second-order valence-electron chi connectivity index (χ2n) is 5.33. The molecule has 0 saturated heterocycles. The number of nitrogens with one attached hydrogen (secondary N) is 1. The highest BCUT2D eigenvalue weighted by atomic mass is 35.5. The average Bonchev–Trinajstić information content (AvgIpc) is 3.27. The van der Waals surface area contributed by atoms with Gasteiger partial charge in [-0.05, 0) is 36.6 Å². The van der Waals surface area contributed by atoms with Gasteiger partial charge in [0.25, 0.3) is 5.91 Å². The lowest BCUT2D eigenvalue weighted by Crippen LogP contribution is -2.32. The lowest BCUT2D eigenvalue weighted by atomic mass is 9.96. The maximum Gasteiger partial charge on any atom is 0.252 e. The smallest absolute Gasteiger partial charge is 0.252 e. The first-order valence-electron chi connectivity index (χ1n) is 6.74. The molecule has 1 aliphatic rings. The summed E-state index contributed by atoms with van der Waals surface area (Å²) in [6.07, 6.45) is 4.96. The van der Waals surface area contributed by atoms with Crippen LogP contribution in [-0.2, 0) is 5.41 Å². The van der Waals surface area contributed by atoms with Gasteiger partial charge in [-0.2, -0.15) is 0 Å². The summed E-state index contributed by atoms with van der Waals surface area (Å²) in [4.78, 5) is 16.0. The van der Waals surface area contributed by atoms with Crippen molar-refractivity contribution in [2.45, 2.75) is 18.3 Å². The summed E-state index contributed by atoms with van der Waals surface area (Å²) in [6, 6.07) is 8.07. The highest BCUT2D eigenvalue weighted by Gasteiger charge is 2.44. The molecule has 0 spiro atoms. The van der Waals surface area contributed by atoms with Gasteiger partial charge in [-0.25, -0.2) is 4.39 Å². The van der Waals surface area contributed by atoms with Gasteiger partial charge in [-0.15, -0.1) is 0 Å². The number of rotatable bonds is 4. The van der Waals surface area contributed by atoms with E-state index in [9.17, 15) is 9.18 Å². The Kier molecular flexibility index (Phi) is 3.64. The zero-order valence-electron chi connectivity index (χ0n) is 11.3. The van der Waals surface area contributed by atoms with E-state index in [4.69, 9.17) is 11.6 Å². The number of benzene rings is 1. The van der Waals surface area contributed by atoms with E-state index in [-0.39, 0.29) is 17.1 Å². The Morgan fingerprint density at radius 1 is 1.29 bits per heavy atom. The zero-order valence-corrected chi connectivity index (χ0v) is 12.0. The van der Waals surface area contributed by atoms with E-state index in [1.165, 1.54) is 24.5 Å². The Labute approximate surface area is 127 Å². The van der Waals surface area contributed by atoms with Gasteiger partial charge in [-0.3, -0.25) is 9.78 Å². The number of halogens is 2. The quantitative estimate of drug-likeness (QED) is 0.941. The Balaban J connectivity index is 1.69. The normalized spacial score (nSPS) is 15.5. The number of carbonyl (C=O) groups excluding carboxylic acids is 1. The topological polar surface area (TPSA) is 42.0 Å². The zero-order chi connectivity index (χ0) is 14.9. The molecule has 1 aromatic heterocycles. The first-order chi connectivity index (χ1) is 10.1. The molecule has 2 aromatic rings. The SMILES string of the molecule is O=C(NCC1(c2ccc(F)cc2)CC1)c1ccncc1Cl. The van der Waals surface area contributed by atoms with Crippen molar-refractivity contribution < 1.29 is 9.18 Å². The minimum absolute atomic E-state index is 0.0666. The summed E-state index contributed by atoms with van der Waals surface area (Å²) >= 11 is 5.95. The lowest BCUT2D eigenvalue weighted by molar-refractivity contribution is 0.0949. The van der Waals surface area contributed by atoms with Gasteiger partial charge < -0.3 is 5.32 Å². The van der Waals surface area contributed by atoms with Crippen LogP contribution >= 0.6 is 11.6 Å². The summed E-state index contributed by atoms with van der Waals surface area (Å²) < 4.78 is 13.0. The molecule has 0 unspecified atom stereocenters. The predicted molar refractivity (Wildman–Crippen MR) is 78.9 cm³/mol. The number of aromatic nitrogens is 1. The molecule has 1 aliphatic carbocycles. The third-order valence-corrected chi connectivity index (χ3v) is 4.22. The number of carbonyl (C=O) groups is 1. The summed E-state index contributed by atoms with van der Waals surface area (Å²) in [6.45, 7) is 0.524. The number of nitrogens with zero attached hydrogens (tertiary/aromatic N) is 1. The molecule has 0 bridgehead atoms. The van der Waals surface area contributed by atoms with Gasteiger partial charge >= 0.3 is 0 Å². The average molecular weight is 305 g/mol. The van der Waals surface area contributed by atoms with Gasteiger partial charge in [0, 0.05) is 24.4 Å². The van der Waals surface area contributed by atoms with Crippen molar-refractivity contribution in [1.82, 2.24) is 10.3 Å². The molecule has 1 fully saturated rings. The Morgan fingerprint density at radius 2 is 2.00 bits per heavy atom. The summed E-state index contributed by atoms with van der Waals surface area (Å²) in [7, 11) is 0. The maximum atomic E-state index is 13.0. The van der Waals surface area contributed by atoms with Crippen molar-refractivity contribution in [2.75, 3.05) is 6.54 Å². The van der Waals surface area contributed by atoms with E-state index in [2.05, 4.69) is 10.3 Å². The van der Waals surface area contributed by atoms with Crippen molar-refractivity contribution in [3.8, 4) is 0 Å². The van der Waals surface area contributed by atoms with Crippen LogP contribution in [0.3, 0.4) is 0 Å². The van der Waals surface area contributed by atoms with Crippen LogP contribution in [0.25, 0.3) is 0 Å².